The molecule has 1 heterocycles. The van der Waals surface area contributed by atoms with Gasteiger partial charge in [-0.2, -0.15) is 0 Å². The predicted molar refractivity (Wildman–Crippen MR) is 54.4 cm³/mol. The number of nitrogens with zero attached hydrogens (tertiary/aromatic N) is 6. The molecule has 2 aromatic rings. The van der Waals surface area contributed by atoms with E-state index in [1.165, 1.54) is 0 Å². The zero-order chi connectivity index (χ0) is 10.7. The summed E-state index contributed by atoms with van der Waals surface area (Å²) in [6.45, 7) is 0. The zero-order valence-corrected chi connectivity index (χ0v) is 7.65. The van der Waals surface area contributed by atoms with Crippen LogP contribution >= 0.6 is 0 Å². The normalized spacial score (nSPS) is 9.60. The number of rotatable bonds is 2. The van der Waals surface area contributed by atoms with E-state index in [1.807, 2.05) is 30.3 Å². The van der Waals surface area contributed by atoms with E-state index in [2.05, 4.69) is 20.2 Å². The summed E-state index contributed by atoms with van der Waals surface area (Å²) < 4.78 is 1.15. The molecule has 1 aromatic carbocycles. The minimum absolute atomic E-state index is 0.0383. The number of azide groups is 1. The average Bonchev–Trinajstić information content (AvgIpc) is 2.63. The molecule has 0 aliphatic carbocycles. The SMILES string of the molecule is [N-]=[N+]=Nc1nnc(-c2ccccc2)n1N. The lowest BCUT2D eigenvalue weighted by Gasteiger charge is -1.99. The number of nitrogens with two attached hydrogens (primary N) is 1. The van der Waals surface area contributed by atoms with E-state index in [-0.39, 0.29) is 5.95 Å². The first-order chi connectivity index (χ1) is 7.33. The summed E-state index contributed by atoms with van der Waals surface area (Å²) in [4.78, 5) is 2.60. The van der Waals surface area contributed by atoms with Crippen LogP contribution in [0.4, 0.5) is 5.95 Å². The highest BCUT2D eigenvalue weighted by Crippen LogP contribution is 2.18. The minimum Gasteiger partial charge on any atom is -0.336 e. The van der Waals surface area contributed by atoms with Gasteiger partial charge in [-0.25, -0.2) is 4.68 Å². The number of hydrogen-bond donors (Lipinski definition) is 1. The first-order valence-electron chi connectivity index (χ1n) is 4.14. The first kappa shape index (κ1) is 9.04. The van der Waals surface area contributed by atoms with Crippen molar-refractivity contribution in [3.8, 4) is 11.4 Å². The molecule has 74 valence electrons. The van der Waals surface area contributed by atoms with E-state index in [4.69, 9.17) is 11.4 Å². The van der Waals surface area contributed by atoms with Crippen molar-refractivity contribution in [2.75, 3.05) is 5.84 Å². The second-order valence-corrected chi connectivity index (χ2v) is 2.75. The van der Waals surface area contributed by atoms with Crippen LogP contribution in [0.15, 0.2) is 35.4 Å². The summed E-state index contributed by atoms with van der Waals surface area (Å²) in [7, 11) is 0. The molecule has 0 amide bonds. The fraction of sp³-hybridized carbons (Fsp3) is 0. The lowest BCUT2D eigenvalue weighted by molar-refractivity contribution is 0.993. The molecule has 0 bridgehead atoms. The molecular weight excluding hydrogens is 194 g/mol. The van der Waals surface area contributed by atoms with E-state index in [0.717, 1.165) is 10.2 Å². The van der Waals surface area contributed by atoms with Crippen LogP contribution in [-0.4, -0.2) is 14.9 Å². The van der Waals surface area contributed by atoms with Crippen LogP contribution in [0.25, 0.3) is 21.8 Å². The first-order valence-corrected chi connectivity index (χ1v) is 4.14. The van der Waals surface area contributed by atoms with Gasteiger partial charge in [0, 0.05) is 10.5 Å². The molecule has 7 nitrogen and oxygen atoms in total. The van der Waals surface area contributed by atoms with Gasteiger partial charge in [0.1, 0.15) is 0 Å². The van der Waals surface area contributed by atoms with Crippen LogP contribution in [0.3, 0.4) is 0 Å². The number of benzene rings is 1. The van der Waals surface area contributed by atoms with Gasteiger partial charge in [0.05, 0.1) is 0 Å². The summed E-state index contributed by atoms with van der Waals surface area (Å²) in [6.07, 6.45) is 0. The quantitative estimate of drug-likeness (QED) is 0.345. The Morgan fingerprint density at radius 1 is 1.27 bits per heavy atom. The molecular formula is C8H7N7. The van der Waals surface area contributed by atoms with E-state index in [1.54, 1.807) is 0 Å². The van der Waals surface area contributed by atoms with Gasteiger partial charge in [0.25, 0.3) is 0 Å². The van der Waals surface area contributed by atoms with Crippen LogP contribution in [0.1, 0.15) is 0 Å². The lowest BCUT2D eigenvalue weighted by atomic mass is 10.2. The number of nitrogen functional groups attached to an aromatic ring is 1. The van der Waals surface area contributed by atoms with E-state index in [9.17, 15) is 0 Å². The molecule has 2 rings (SSSR count). The molecule has 0 atom stereocenters. The molecule has 0 aliphatic rings. The Morgan fingerprint density at radius 2 is 2.00 bits per heavy atom. The Morgan fingerprint density at radius 3 is 2.67 bits per heavy atom. The zero-order valence-electron chi connectivity index (χ0n) is 7.65. The molecule has 7 heteroatoms. The van der Waals surface area contributed by atoms with Crippen molar-refractivity contribution in [1.29, 1.82) is 0 Å². The topological polar surface area (TPSA) is 105 Å². The number of hydrogen-bond acceptors (Lipinski definition) is 4. The number of aromatic nitrogens is 3. The maximum Gasteiger partial charge on any atom is 0.239 e. The Hall–Kier alpha value is -2.53. The van der Waals surface area contributed by atoms with Crippen LogP contribution in [-0.2, 0) is 0 Å². The van der Waals surface area contributed by atoms with E-state index >= 15 is 0 Å². The van der Waals surface area contributed by atoms with E-state index < -0.39 is 0 Å². The third-order valence-corrected chi connectivity index (χ3v) is 1.84. The monoisotopic (exact) mass is 201 g/mol. The van der Waals surface area contributed by atoms with Gasteiger partial charge in [0.15, 0.2) is 5.82 Å². The van der Waals surface area contributed by atoms with Crippen molar-refractivity contribution in [1.82, 2.24) is 14.9 Å². The Labute approximate surface area is 84.8 Å². The van der Waals surface area contributed by atoms with Gasteiger partial charge in [-0.05, 0) is 10.6 Å². The third kappa shape index (κ3) is 1.59. The van der Waals surface area contributed by atoms with Gasteiger partial charge in [-0.1, -0.05) is 30.3 Å². The van der Waals surface area contributed by atoms with Gasteiger partial charge >= 0.3 is 0 Å². The second kappa shape index (κ2) is 3.69. The fourth-order valence-corrected chi connectivity index (χ4v) is 1.18. The highest BCUT2D eigenvalue weighted by atomic mass is 15.5. The molecule has 0 aliphatic heterocycles. The van der Waals surface area contributed by atoms with Crippen molar-refractivity contribution >= 4 is 5.95 Å². The maximum absolute atomic E-state index is 8.25. The molecule has 0 fully saturated rings. The summed E-state index contributed by atoms with van der Waals surface area (Å²) in [5.74, 6) is 6.14. The largest absolute Gasteiger partial charge is 0.336 e. The summed E-state index contributed by atoms with van der Waals surface area (Å²) >= 11 is 0. The van der Waals surface area contributed by atoms with Crippen LogP contribution in [0, 0.1) is 0 Å². The van der Waals surface area contributed by atoms with Crippen molar-refractivity contribution in [3.05, 3.63) is 40.8 Å². The Kier molecular flexibility index (Phi) is 2.22. The molecule has 0 spiro atoms. The second-order valence-electron chi connectivity index (χ2n) is 2.75. The molecule has 1 aromatic heterocycles. The third-order valence-electron chi connectivity index (χ3n) is 1.84. The van der Waals surface area contributed by atoms with Crippen LogP contribution in [0.5, 0.6) is 0 Å². The molecule has 2 N–H and O–H groups in total. The molecule has 15 heavy (non-hydrogen) atoms. The highest BCUT2D eigenvalue weighted by molar-refractivity contribution is 5.56. The molecule has 0 radical (unpaired) electrons. The van der Waals surface area contributed by atoms with Gasteiger partial charge in [-0.3, -0.25) is 0 Å². The van der Waals surface area contributed by atoms with E-state index in [0.29, 0.717) is 5.82 Å². The summed E-state index contributed by atoms with van der Waals surface area (Å²) in [5.41, 5.74) is 9.06. The fourth-order valence-electron chi connectivity index (χ4n) is 1.18. The average molecular weight is 201 g/mol. The standard InChI is InChI=1S/C8H7N7/c9-14-13-8-12-11-7(15(8)10)6-4-2-1-3-5-6/h1-5H,10H2. The minimum atomic E-state index is 0.0383. The van der Waals surface area contributed by atoms with Gasteiger partial charge in [0.2, 0.25) is 5.95 Å². The molecule has 0 unspecified atom stereocenters. The Balaban J connectivity index is 2.51. The van der Waals surface area contributed by atoms with Crippen molar-refractivity contribution in [2.45, 2.75) is 0 Å². The Bertz CT molecular complexity index is 509. The predicted octanol–water partition coefficient (Wildman–Crippen LogP) is 1.60. The molecule has 0 saturated heterocycles. The van der Waals surface area contributed by atoms with Crippen molar-refractivity contribution < 1.29 is 0 Å². The van der Waals surface area contributed by atoms with Gasteiger partial charge < -0.3 is 5.84 Å². The van der Waals surface area contributed by atoms with Crippen molar-refractivity contribution in [3.63, 3.8) is 0 Å². The summed E-state index contributed by atoms with van der Waals surface area (Å²) in [6, 6.07) is 9.28. The smallest absolute Gasteiger partial charge is 0.239 e. The summed E-state index contributed by atoms with van der Waals surface area (Å²) in [5, 5.41) is 10.8. The highest BCUT2D eigenvalue weighted by Gasteiger charge is 2.08. The lowest BCUT2D eigenvalue weighted by Crippen LogP contribution is -2.09. The van der Waals surface area contributed by atoms with Crippen LogP contribution < -0.4 is 5.84 Å². The maximum atomic E-state index is 8.25. The van der Waals surface area contributed by atoms with Crippen molar-refractivity contribution in [2.24, 2.45) is 5.11 Å². The molecule has 0 saturated carbocycles. The van der Waals surface area contributed by atoms with Gasteiger partial charge in [-0.15, -0.1) is 10.2 Å². The van der Waals surface area contributed by atoms with Crippen LogP contribution in [0.2, 0.25) is 0 Å².